The Bertz CT molecular complexity index is 923. The Hall–Kier alpha value is -2.03. The number of benzene rings is 1. The summed E-state index contributed by atoms with van der Waals surface area (Å²) in [7, 11) is 0. The Morgan fingerprint density at radius 3 is 2.79 bits per heavy atom. The van der Waals surface area contributed by atoms with Gasteiger partial charge in [-0.25, -0.2) is 4.98 Å². The van der Waals surface area contributed by atoms with Gasteiger partial charge in [0, 0.05) is 16.4 Å². The monoisotopic (exact) mass is 413 g/mol. The van der Waals surface area contributed by atoms with Crippen molar-refractivity contribution in [3.63, 3.8) is 0 Å². The van der Waals surface area contributed by atoms with Crippen LogP contribution >= 0.6 is 23.4 Å². The number of hydrogen-bond donors (Lipinski definition) is 1. The average molecular weight is 414 g/mol. The number of rotatable bonds is 4. The SMILES string of the molecule is Cc1c(Cl)cccc1NC(=O)C(C)Sc1nc2c(cc1C#N)CCCCCC2. The van der Waals surface area contributed by atoms with Crippen LogP contribution in [0.15, 0.2) is 29.3 Å². The van der Waals surface area contributed by atoms with E-state index in [1.54, 1.807) is 6.07 Å². The van der Waals surface area contributed by atoms with Gasteiger partial charge in [0.05, 0.1) is 10.8 Å². The Labute approximate surface area is 175 Å². The van der Waals surface area contributed by atoms with Crippen molar-refractivity contribution in [2.75, 3.05) is 5.32 Å². The number of amides is 1. The Morgan fingerprint density at radius 1 is 1.29 bits per heavy atom. The molecule has 4 nitrogen and oxygen atoms in total. The van der Waals surface area contributed by atoms with Crippen molar-refractivity contribution < 1.29 is 4.79 Å². The summed E-state index contributed by atoms with van der Waals surface area (Å²) in [5.41, 5.74) is 4.37. The van der Waals surface area contributed by atoms with E-state index in [0.717, 1.165) is 36.9 Å². The van der Waals surface area contributed by atoms with Crippen molar-refractivity contribution in [2.45, 2.75) is 62.6 Å². The maximum atomic E-state index is 12.7. The number of thioether (sulfide) groups is 1. The number of nitrogens with zero attached hydrogens (tertiary/aromatic N) is 2. The molecule has 0 fully saturated rings. The minimum atomic E-state index is -0.385. The molecule has 1 heterocycles. The average Bonchev–Trinajstić information content (AvgIpc) is 2.66. The second-order valence-electron chi connectivity index (χ2n) is 7.13. The zero-order valence-electron chi connectivity index (χ0n) is 16.2. The zero-order chi connectivity index (χ0) is 20.1. The molecule has 1 atom stereocenters. The maximum absolute atomic E-state index is 12.7. The second-order valence-corrected chi connectivity index (χ2v) is 8.87. The molecule has 0 saturated heterocycles. The van der Waals surface area contributed by atoms with E-state index >= 15 is 0 Å². The lowest BCUT2D eigenvalue weighted by Crippen LogP contribution is -2.23. The molecule has 0 bridgehead atoms. The van der Waals surface area contributed by atoms with Gasteiger partial charge in [-0.2, -0.15) is 5.26 Å². The summed E-state index contributed by atoms with van der Waals surface area (Å²) in [6, 6.07) is 9.68. The van der Waals surface area contributed by atoms with Crippen LogP contribution in [-0.2, 0) is 17.6 Å². The van der Waals surface area contributed by atoms with E-state index in [1.807, 2.05) is 32.0 Å². The van der Waals surface area contributed by atoms with Crippen molar-refractivity contribution in [1.29, 1.82) is 5.26 Å². The number of carbonyl (C=O) groups excluding carboxylic acids is 1. The van der Waals surface area contributed by atoms with Gasteiger partial charge in [-0.3, -0.25) is 4.79 Å². The van der Waals surface area contributed by atoms with Crippen molar-refractivity contribution in [3.8, 4) is 6.07 Å². The number of nitrogens with one attached hydrogen (secondary N) is 1. The lowest BCUT2D eigenvalue weighted by atomic mass is 9.96. The van der Waals surface area contributed by atoms with E-state index in [2.05, 4.69) is 11.4 Å². The number of hydrogen-bond acceptors (Lipinski definition) is 4. The van der Waals surface area contributed by atoms with E-state index in [1.165, 1.54) is 30.2 Å². The summed E-state index contributed by atoms with van der Waals surface area (Å²) in [6.07, 6.45) is 6.65. The van der Waals surface area contributed by atoms with E-state index in [0.29, 0.717) is 21.3 Å². The van der Waals surface area contributed by atoms with Gasteiger partial charge >= 0.3 is 0 Å². The first-order valence-electron chi connectivity index (χ1n) is 9.65. The molecule has 146 valence electrons. The fraction of sp³-hybridized carbons (Fsp3) is 0.409. The minimum absolute atomic E-state index is 0.132. The third-order valence-corrected chi connectivity index (χ3v) is 6.58. The highest BCUT2D eigenvalue weighted by Crippen LogP contribution is 2.30. The number of pyridine rings is 1. The van der Waals surface area contributed by atoms with Crippen LogP contribution in [0.5, 0.6) is 0 Å². The summed E-state index contributed by atoms with van der Waals surface area (Å²) in [6.45, 7) is 3.71. The van der Waals surface area contributed by atoms with Gasteiger partial charge < -0.3 is 5.32 Å². The van der Waals surface area contributed by atoms with E-state index in [4.69, 9.17) is 16.6 Å². The summed E-state index contributed by atoms with van der Waals surface area (Å²) in [5.74, 6) is -0.132. The lowest BCUT2D eigenvalue weighted by molar-refractivity contribution is -0.115. The zero-order valence-corrected chi connectivity index (χ0v) is 17.8. The summed E-state index contributed by atoms with van der Waals surface area (Å²) < 4.78 is 0. The quantitative estimate of drug-likeness (QED) is 0.653. The molecule has 1 N–H and O–H groups in total. The Morgan fingerprint density at radius 2 is 2.04 bits per heavy atom. The number of nitriles is 1. The summed E-state index contributed by atoms with van der Waals surface area (Å²) >= 11 is 7.47. The molecule has 1 aromatic carbocycles. The molecule has 0 spiro atoms. The molecular formula is C22H24ClN3OS. The molecule has 3 rings (SSSR count). The predicted octanol–water partition coefficient (Wildman–Crippen LogP) is 5.69. The molecule has 28 heavy (non-hydrogen) atoms. The number of aryl methyl sites for hydroxylation is 2. The molecule has 1 unspecified atom stereocenters. The largest absolute Gasteiger partial charge is 0.325 e. The van der Waals surface area contributed by atoms with E-state index in [9.17, 15) is 10.1 Å². The van der Waals surface area contributed by atoms with Crippen LogP contribution in [0.1, 0.15) is 55.0 Å². The number of halogens is 1. The molecule has 1 aliphatic rings. The van der Waals surface area contributed by atoms with Crippen molar-refractivity contribution in [3.05, 3.63) is 51.7 Å². The fourth-order valence-electron chi connectivity index (χ4n) is 3.34. The van der Waals surface area contributed by atoms with Crippen LogP contribution in [0.4, 0.5) is 5.69 Å². The molecule has 1 aliphatic carbocycles. The predicted molar refractivity (Wildman–Crippen MR) is 115 cm³/mol. The summed E-state index contributed by atoms with van der Waals surface area (Å²) in [5, 5.41) is 13.4. The third kappa shape index (κ3) is 4.87. The maximum Gasteiger partial charge on any atom is 0.237 e. The highest BCUT2D eigenvalue weighted by molar-refractivity contribution is 8.00. The molecule has 1 aromatic heterocycles. The number of anilines is 1. The van der Waals surface area contributed by atoms with Crippen LogP contribution in [0, 0.1) is 18.3 Å². The molecule has 0 saturated carbocycles. The van der Waals surface area contributed by atoms with Crippen LogP contribution in [-0.4, -0.2) is 16.1 Å². The first-order valence-corrected chi connectivity index (χ1v) is 10.9. The topological polar surface area (TPSA) is 65.8 Å². The highest BCUT2D eigenvalue weighted by atomic mass is 35.5. The van der Waals surface area contributed by atoms with Gasteiger partial charge in [0.25, 0.3) is 0 Å². The van der Waals surface area contributed by atoms with Gasteiger partial charge in [-0.05, 0) is 68.9 Å². The standard InChI is InChI=1S/C22H24ClN3OS/c1-14-18(23)9-7-11-19(14)25-21(27)15(2)28-22-17(13-24)12-16-8-5-3-4-6-10-20(16)26-22/h7,9,11-12,15H,3-6,8,10H2,1-2H3,(H,25,27). The smallest absolute Gasteiger partial charge is 0.237 e. The number of fused-ring (bicyclic) bond motifs is 1. The van der Waals surface area contributed by atoms with Crippen LogP contribution < -0.4 is 5.32 Å². The van der Waals surface area contributed by atoms with Gasteiger partial charge in [-0.15, -0.1) is 0 Å². The molecule has 0 aliphatic heterocycles. The van der Waals surface area contributed by atoms with Crippen molar-refractivity contribution in [1.82, 2.24) is 4.98 Å². The van der Waals surface area contributed by atoms with Gasteiger partial charge in [0.15, 0.2) is 0 Å². The number of aromatic nitrogens is 1. The fourth-order valence-corrected chi connectivity index (χ4v) is 4.41. The highest BCUT2D eigenvalue weighted by Gasteiger charge is 2.20. The van der Waals surface area contributed by atoms with Crippen LogP contribution in [0.3, 0.4) is 0 Å². The molecular weight excluding hydrogens is 390 g/mol. The first-order chi connectivity index (χ1) is 13.5. The van der Waals surface area contributed by atoms with Gasteiger partial charge in [0.1, 0.15) is 11.1 Å². The lowest BCUT2D eigenvalue weighted by Gasteiger charge is -2.17. The molecule has 1 amide bonds. The van der Waals surface area contributed by atoms with Crippen LogP contribution in [0.2, 0.25) is 5.02 Å². The molecule has 6 heteroatoms. The van der Waals surface area contributed by atoms with E-state index in [-0.39, 0.29) is 11.2 Å². The Kier molecular flexibility index (Phi) is 6.98. The first kappa shape index (κ1) is 20.7. The molecule has 2 aromatic rings. The number of carbonyl (C=O) groups is 1. The van der Waals surface area contributed by atoms with Gasteiger partial charge in [-0.1, -0.05) is 42.3 Å². The minimum Gasteiger partial charge on any atom is -0.325 e. The third-order valence-electron chi connectivity index (χ3n) is 5.07. The van der Waals surface area contributed by atoms with Crippen LogP contribution in [0.25, 0.3) is 0 Å². The molecule has 0 radical (unpaired) electrons. The normalized spacial score (nSPS) is 14.9. The summed E-state index contributed by atoms with van der Waals surface area (Å²) in [4.78, 5) is 17.5. The van der Waals surface area contributed by atoms with Crippen molar-refractivity contribution >= 4 is 35.0 Å². The second kappa shape index (κ2) is 9.45. The van der Waals surface area contributed by atoms with Gasteiger partial charge in [0.2, 0.25) is 5.91 Å². The Balaban J connectivity index is 1.78. The van der Waals surface area contributed by atoms with Crippen molar-refractivity contribution in [2.24, 2.45) is 0 Å². The van der Waals surface area contributed by atoms with E-state index < -0.39 is 0 Å².